The average Bonchev–Trinajstić information content (AvgIpc) is 2.92. The number of anilines is 1. The molecule has 4 rings (SSSR count). The van der Waals surface area contributed by atoms with Crippen molar-refractivity contribution in [1.82, 2.24) is 4.72 Å². The number of rotatable bonds is 10. The molecule has 0 aliphatic carbocycles. The van der Waals surface area contributed by atoms with E-state index in [0.717, 1.165) is 12.5 Å². The van der Waals surface area contributed by atoms with Crippen molar-refractivity contribution < 1.29 is 26.7 Å². The predicted octanol–water partition coefficient (Wildman–Crippen LogP) is 6.38. The highest BCUT2D eigenvalue weighted by atomic mass is 32.2. The molecule has 4 aromatic rings. The van der Waals surface area contributed by atoms with Gasteiger partial charge in [-0.05, 0) is 66.1 Å². The third kappa shape index (κ3) is 7.07. The molecule has 0 bridgehead atoms. The predicted molar refractivity (Wildman–Crippen MR) is 148 cm³/mol. The first kappa shape index (κ1) is 27.9. The Bertz CT molecular complexity index is 1540. The van der Waals surface area contributed by atoms with Crippen molar-refractivity contribution >= 4 is 21.6 Å². The quantitative estimate of drug-likeness (QED) is 0.224. The topological polar surface area (TPSA) is 84.5 Å². The van der Waals surface area contributed by atoms with Gasteiger partial charge in [0.2, 0.25) is 10.0 Å². The number of hydrogen-bond acceptors (Lipinski definition) is 4. The van der Waals surface area contributed by atoms with Crippen LogP contribution in [0.25, 0.3) is 11.1 Å². The highest BCUT2D eigenvalue weighted by Crippen LogP contribution is 2.32. The van der Waals surface area contributed by atoms with Gasteiger partial charge in [0.15, 0.2) is 0 Å². The molecule has 0 saturated heterocycles. The molecule has 0 unspecified atom stereocenters. The fraction of sp³-hybridized carbons (Fsp3) is 0.167. The summed E-state index contributed by atoms with van der Waals surface area (Å²) in [6, 6.07) is 26.0. The maximum absolute atomic E-state index is 13.6. The van der Waals surface area contributed by atoms with Crippen molar-refractivity contribution in [1.29, 1.82) is 0 Å². The van der Waals surface area contributed by atoms with Gasteiger partial charge in [0.1, 0.15) is 12.4 Å². The van der Waals surface area contributed by atoms with E-state index in [9.17, 15) is 22.0 Å². The molecule has 0 atom stereocenters. The number of benzene rings is 4. The molecule has 0 radical (unpaired) electrons. The van der Waals surface area contributed by atoms with Crippen molar-refractivity contribution in [3.63, 3.8) is 0 Å². The van der Waals surface area contributed by atoms with Gasteiger partial charge in [-0.3, -0.25) is 4.79 Å². The SMILES string of the molecule is Cc1cccc(C(=O)Nc2ccc(OCCNS(=O)(=O)c3ccccc3)cc2)c1-c1ccc(C(C)(F)F)cc1. The van der Waals surface area contributed by atoms with Crippen LogP contribution in [0.2, 0.25) is 0 Å². The van der Waals surface area contributed by atoms with Crippen molar-refractivity contribution in [2.75, 3.05) is 18.5 Å². The summed E-state index contributed by atoms with van der Waals surface area (Å²) in [4.78, 5) is 13.3. The number of carbonyl (C=O) groups is 1. The first-order valence-electron chi connectivity index (χ1n) is 12.2. The van der Waals surface area contributed by atoms with E-state index in [4.69, 9.17) is 4.74 Å². The van der Waals surface area contributed by atoms with E-state index in [1.165, 1.54) is 24.3 Å². The van der Waals surface area contributed by atoms with E-state index in [2.05, 4.69) is 10.0 Å². The van der Waals surface area contributed by atoms with Crippen molar-refractivity contribution in [3.05, 3.63) is 114 Å². The maximum atomic E-state index is 13.6. The standard InChI is InChI=1S/C30H28F2N2O4S/c1-21-7-6-10-27(28(21)22-11-13-23(14-12-22)30(2,31)32)29(35)34-24-15-17-25(18-16-24)38-20-19-33-39(36,37)26-8-4-3-5-9-26/h3-18,33H,19-20H2,1-2H3,(H,34,35). The smallest absolute Gasteiger partial charge is 0.270 e. The number of aryl methyl sites for hydroxylation is 1. The Hall–Kier alpha value is -4.08. The molecular formula is C30H28F2N2O4S. The molecule has 0 aliphatic heterocycles. The van der Waals surface area contributed by atoms with Gasteiger partial charge in [-0.25, -0.2) is 21.9 Å². The number of sulfonamides is 1. The van der Waals surface area contributed by atoms with Crippen LogP contribution in [0.1, 0.15) is 28.4 Å². The minimum atomic E-state index is -3.61. The number of hydrogen-bond donors (Lipinski definition) is 2. The fourth-order valence-corrected chi connectivity index (χ4v) is 5.06. The monoisotopic (exact) mass is 550 g/mol. The second kappa shape index (κ2) is 11.8. The summed E-state index contributed by atoms with van der Waals surface area (Å²) >= 11 is 0. The van der Waals surface area contributed by atoms with E-state index in [-0.39, 0.29) is 29.5 Å². The van der Waals surface area contributed by atoms with Crippen molar-refractivity contribution in [3.8, 4) is 16.9 Å². The lowest BCUT2D eigenvalue weighted by molar-refractivity contribution is 0.0175. The van der Waals surface area contributed by atoms with E-state index >= 15 is 0 Å². The molecule has 1 amide bonds. The van der Waals surface area contributed by atoms with Gasteiger partial charge in [-0.1, -0.05) is 54.6 Å². The van der Waals surface area contributed by atoms with Crippen LogP contribution in [-0.2, 0) is 15.9 Å². The summed E-state index contributed by atoms with van der Waals surface area (Å²) in [7, 11) is -3.61. The number of ether oxygens (including phenoxy) is 1. The van der Waals surface area contributed by atoms with Gasteiger partial charge in [-0.2, -0.15) is 0 Å². The molecule has 202 valence electrons. The summed E-state index contributed by atoms with van der Waals surface area (Å²) in [6.45, 7) is 2.91. The molecule has 2 N–H and O–H groups in total. The van der Waals surface area contributed by atoms with Crippen LogP contribution in [0.4, 0.5) is 14.5 Å². The molecule has 0 saturated carbocycles. The van der Waals surface area contributed by atoms with E-state index in [1.807, 2.05) is 13.0 Å². The van der Waals surface area contributed by atoms with Crippen molar-refractivity contribution in [2.24, 2.45) is 0 Å². The first-order valence-corrected chi connectivity index (χ1v) is 13.7. The normalized spacial score (nSPS) is 11.7. The lowest BCUT2D eigenvalue weighted by atomic mass is 9.93. The Balaban J connectivity index is 1.38. The van der Waals surface area contributed by atoms with Crippen molar-refractivity contribution in [2.45, 2.75) is 24.7 Å². The maximum Gasteiger partial charge on any atom is 0.270 e. The van der Waals surface area contributed by atoms with Gasteiger partial charge in [0, 0.05) is 30.3 Å². The highest BCUT2D eigenvalue weighted by molar-refractivity contribution is 7.89. The van der Waals surface area contributed by atoms with Gasteiger partial charge in [0.05, 0.1) is 4.90 Å². The largest absolute Gasteiger partial charge is 0.492 e. The minimum absolute atomic E-state index is 0.0860. The van der Waals surface area contributed by atoms with Gasteiger partial charge in [0.25, 0.3) is 11.8 Å². The van der Waals surface area contributed by atoms with Crippen LogP contribution in [-0.4, -0.2) is 27.5 Å². The highest BCUT2D eigenvalue weighted by Gasteiger charge is 2.24. The molecule has 6 nitrogen and oxygen atoms in total. The summed E-state index contributed by atoms with van der Waals surface area (Å²) in [6.07, 6.45) is 0. The molecule has 0 aromatic heterocycles. The Labute approximate surface area is 226 Å². The molecule has 0 fully saturated rings. The zero-order chi connectivity index (χ0) is 28.0. The second-order valence-corrected chi connectivity index (χ2v) is 10.8. The summed E-state index contributed by atoms with van der Waals surface area (Å²) in [5, 5.41) is 2.86. The lowest BCUT2D eigenvalue weighted by Gasteiger charge is -2.15. The molecule has 0 aliphatic rings. The first-order chi connectivity index (χ1) is 18.5. The Morgan fingerprint density at radius 3 is 2.18 bits per heavy atom. The Kier molecular flexibility index (Phi) is 8.42. The zero-order valence-electron chi connectivity index (χ0n) is 21.4. The average molecular weight is 551 g/mol. The van der Waals surface area contributed by atoms with E-state index in [0.29, 0.717) is 28.1 Å². The second-order valence-electron chi connectivity index (χ2n) is 9.00. The number of carbonyl (C=O) groups excluding carboxylic acids is 1. The third-order valence-electron chi connectivity index (χ3n) is 6.03. The van der Waals surface area contributed by atoms with Gasteiger partial charge in [-0.15, -0.1) is 0 Å². The van der Waals surface area contributed by atoms with E-state index < -0.39 is 15.9 Å². The Morgan fingerprint density at radius 2 is 1.54 bits per heavy atom. The summed E-state index contributed by atoms with van der Waals surface area (Å²) in [5.41, 5.74) is 3.02. The van der Waals surface area contributed by atoms with Crippen LogP contribution < -0.4 is 14.8 Å². The zero-order valence-corrected chi connectivity index (χ0v) is 22.3. The molecule has 4 aromatic carbocycles. The van der Waals surface area contributed by atoms with E-state index in [1.54, 1.807) is 66.7 Å². The number of nitrogens with one attached hydrogen (secondary N) is 2. The number of halogens is 2. The molecule has 39 heavy (non-hydrogen) atoms. The van der Waals surface area contributed by atoms with Crippen LogP contribution in [0.5, 0.6) is 5.75 Å². The summed E-state index contributed by atoms with van der Waals surface area (Å²) < 4.78 is 59.9. The fourth-order valence-electron chi connectivity index (χ4n) is 4.03. The van der Waals surface area contributed by atoms with Crippen LogP contribution >= 0.6 is 0 Å². The molecular weight excluding hydrogens is 522 g/mol. The number of alkyl halides is 2. The summed E-state index contributed by atoms with van der Waals surface area (Å²) in [5.74, 6) is -2.78. The van der Waals surface area contributed by atoms with Gasteiger partial charge < -0.3 is 10.1 Å². The molecule has 9 heteroatoms. The third-order valence-corrected chi connectivity index (χ3v) is 7.50. The van der Waals surface area contributed by atoms with Crippen LogP contribution in [0.3, 0.4) is 0 Å². The molecule has 0 heterocycles. The number of amides is 1. The Morgan fingerprint density at radius 1 is 0.872 bits per heavy atom. The molecule has 0 spiro atoms. The minimum Gasteiger partial charge on any atom is -0.492 e. The van der Waals surface area contributed by atoms with Crippen LogP contribution in [0, 0.1) is 6.92 Å². The van der Waals surface area contributed by atoms with Crippen LogP contribution in [0.15, 0.2) is 102 Å². The lowest BCUT2D eigenvalue weighted by Crippen LogP contribution is -2.28. The van der Waals surface area contributed by atoms with Gasteiger partial charge >= 0.3 is 0 Å².